The van der Waals surface area contributed by atoms with Gasteiger partial charge in [0.2, 0.25) is 0 Å². The number of hydrogen-bond donors (Lipinski definition) is 1. The maximum atomic E-state index is 4.74. The molecule has 2 rings (SSSR count). The lowest BCUT2D eigenvalue weighted by Gasteiger charge is -2.19. The van der Waals surface area contributed by atoms with Crippen molar-refractivity contribution in [1.29, 1.82) is 0 Å². The first kappa shape index (κ1) is 14.8. The van der Waals surface area contributed by atoms with Crippen LogP contribution in [0.2, 0.25) is 0 Å². The molecule has 106 valence electrons. The van der Waals surface area contributed by atoms with Crippen LogP contribution in [0.25, 0.3) is 0 Å². The lowest BCUT2D eigenvalue weighted by molar-refractivity contribution is 0.442. The number of rotatable bonds is 4. The molecule has 19 heavy (non-hydrogen) atoms. The molecule has 0 aliphatic heterocycles. The molecule has 0 radical (unpaired) electrons. The first-order valence-corrected chi connectivity index (χ1v) is 8.37. The molecule has 0 atom stereocenters. The summed E-state index contributed by atoms with van der Waals surface area (Å²) in [5, 5.41) is 3.37. The number of aromatic nitrogens is 2. The van der Waals surface area contributed by atoms with Gasteiger partial charge in [0.1, 0.15) is 11.6 Å². The van der Waals surface area contributed by atoms with E-state index >= 15 is 0 Å². The van der Waals surface area contributed by atoms with Gasteiger partial charge in [0.15, 0.2) is 0 Å². The lowest BCUT2D eigenvalue weighted by Crippen LogP contribution is -2.10. The number of hydrogen-bond acceptors (Lipinski definition) is 3. The largest absolute Gasteiger partial charge is 0.369 e. The molecule has 3 nitrogen and oxygen atoms in total. The van der Waals surface area contributed by atoms with Crippen LogP contribution < -0.4 is 5.32 Å². The summed E-state index contributed by atoms with van der Waals surface area (Å²) in [4.78, 5) is 9.28. The summed E-state index contributed by atoms with van der Waals surface area (Å²) in [5.41, 5.74) is 0. The molecule has 0 unspecified atom stereocenters. The summed E-state index contributed by atoms with van der Waals surface area (Å²) in [6, 6.07) is 0. The fraction of sp³-hybridized carbons (Fsp3) is 0.733. The van der Waals surface area contributed by atoms with Crippen molar-refractivity contribution >= 4 is 21.7 Å². The van der Waals surface area contributed by atoms with Crippen LogP contribution in [-0.2, 0) is 0 Å². The first-order valence-electron chi connectivity index (χ1n) is 7.57. The third-order valence-corrected chi connectivity index (χ3v) is 4.36. The van der Waals surface area contributed by atoms with Crippen molar-refractivity contribution in [2.75, 3.05) is 11.9 Å². The molecule has 1 N–H and O–H groups in total. The van der Waals surface area contributed by atoms with Crippen LogP contribution in [0, 0.1) is 0 Å². The minimum atomic E-state index is 0.551. The van der Waals surface area contributed by atoms with Gasteiger partial charge in [0, 0.05) is 18.7 Å². The van der Waals surface area contributed by atoms with Crippen molar-refractivity contribution in [3.05, 3.63) is 16.5 Å². The van der Waals surface area contributed by atoms with Crippen molar-refractivity contribution in [1.82, 2.24) is 9.97 Å². The van der Waals surface area contributed by atoms with Gasteiger partial charge in [-0.3, -0.25) is 0 Å². The normalized spacial score (nSPS) is 17.8. The Morgan fingerprint density at radius 1 is 1.21 bits per heavy atom. The summed E-state index contributed by atoms with van der Waals surface area (Å²) in [5.74, 6) is 2.54. The Morgan fingerprint density at radius 3 is 2.58 bits per heavy atom. The topological polar surface area (TPSA) is 37.8 Å². The summed E-state index contributed by atoms with van der Waals surface area (Å²) in [7, 11) is 0. The van der Waals surface area contributed by atoms with Crippen LogP contribution in [0.3, 0.4) is 0 Å². The zero-order chi connectivity index (χ0) is 13.5. The SMILES string of the molecule is CCCNc1nc(C2CCCCCCC2)ncc1Br. The lowest BCUT2D eigenvalue weighted by atomic mass is 9.90. The van der Waals surface area contributed by atoms with Gasteiger partial charge in [-0.15, -0.1) is 0 Å². The van der Waals surface area contributed by atoms with E-state index in [1.165, 1.54) is 44.9 Å². The first-order chi connectivity index (χ1) is 9.31. The van der Waals surface area contributed by atoms with Crippen LogP contribution in [0.4, 0.5) is 5.82 Å². The van der Waals surface area contributed by atoms with Crippen LogP contribution in [0.1, 0.15) is 70.0 Å². The van der Waals surface area contributed by atoms with Gasteiger partial charge in [-0.05, 0) is 35.2 Å². The second-order valence-electron chi connectivity index (χ2n) is 5.39. The Kier molecular flexibility index (Phi) is 6.08. The van der Waals surface area contributed by atoms with E-state index in [-0.39, 0.29) is 0 Å². The Bertz CT molecular complexity index is 387. The highest BCUT2D eigenvalue weighted by Crippen LogP contribution is 2.30. The highest BCUT2D eigenvalue weighted by Gasteiger charge is 2.17. The van der Waals surface area contributed by atoms with E-state index in [2.05, 4.69) is 33.2 Å². The van der Waals surface area contributed by atoms with Crippen LogP contribution in [-0.4, -0.2) is 16.5 Å². The molecule has 4 heteroatoms. The molecule has 1 aromatic rings. The molecule has 1 aromatic heterocycles. The van der Waals surface area contributed by atoms with Crippen molar-refractivity contribution in [3.8, 4) is 0 Å². The maximum Gasteiger partial charge on any atom is 0.144 e. The number of nitrogens with zero attached hydrogens (tertiary/aromatic N) is 2. The van der Waals surface area contributed by atoms with Gasteiger partial charge in [-0.25, -0.2) is 9.97 Å². The van der Waals surface area contributed by atoms with Gasteiger partial charge in [0.05, 0.1) is 4.47 Å². The zero-order valence-electron chi connectivity index (χ0n) is 11.8. The molecule has 1 fully saturated rings. The summed E-state index contributed by atoms with van der Waals surface area (Å²) < 4.78 is 0.968. The highest BCUT2D eigenvalue weighted by molar-refractivity contribution is 9.10. The molecule has 1 saturated carbocycles. The third kappa shape index (κ3) is 4.44. The number of nitrogens with one attached hydrogen (secondary N) is 1. The van der Waals surface area contributed by atoms with Crippen molar-refractivity contribution in [2.45, 2.75) is 64.2 Å². The fourth-order valence-electron chi connectivity index (χ4n) is 2.66. The molecular formula is C15H24BrN3. The molecule has 1 aliphatic carbocycles. The van der Waals surface area contributed by atoms with Crippen molar-refractivity contribution in [2.24, 2.45) is 0 Å². The van der Waals surface area contributed by atoms with E-state index in [9.17, 15) is 0 Å². The Labute approximate surface area is 124 Å². The Balaban J connectivity index is 2.09. The highest BCUT2D eigenvalue weighted by atomic mass is 79.9. The average Bonchev–Trinajstić information content (AvgIpc) is 2.38. The monoisotopic (exact) mass is 325 g/mol. The Hall–Kier alpha value is -0.640. The quantitative estimate of drug-likeness (QED) is 0.856. The molecule has 0 amide bonds. The van der Waals surface area contributed by atoms with E-state index in [1.54, 1.807) is 0 Å². The van der Waals surface area contributed by atoms with Crippen LogP contribution >= 0.6 is 15.9 Å². The maximum absolute atomic E-state index is 4.74. The second kappa shape index (κ2) is 7.83. The van der Waals surface area contributed by atoms with Gasteiger partial charge < -0.3 is 5.32 Å². The Morgan fingerprint density at radius 2 is 1.89 bits per heavy atom. The molecule has 1 heterocycles. The second-order valence-corrected chi connectivity index (χ2v) is 6.25. The standard InChI is InChI=1S/C15H24BrN3/c1-2-10-17-15-13(16)11-18-14(19-15)12-8-6-4-3-5-7-9-12/h11-12H,2-10H2,1H3,(H,17,18,19). The summed E-state index contributed by atoms with van der Waals surface area (Å²) in [6.07, 6.45) is 12.3. The third-order valence-electron chi connectivity index (χ3n) is 3.78. The van der Waals surface area contributed by atoms with Crippen LogP contribution in [0.15, 0.2) is 10.7 Å². The average molecular weight is 326 g/mol. The van der Waals surface area contributed by atoms with E-state index in [4.69, 9.17) is 4.98 Å². The summed E-state index contributed by atoms with van der Waals surface area (Å²) >= 11 is 3.53. The van der Waals surface area contributed by atoms with E-state index < -0.39 is 0 Å². The van der Waals surface area contributed by atoms with Crippen LogP contribution in [0.5, 0.6) is 0 Å². The molecule has 0 spiro atoms. The minimum absolute atomic E-state index is 0.551. The molecule has 1 aliphatic rings. The van der Waals surface area contributed by atoms with Crippen molar-refractivity contribution < 1.29 is 0 Å². The van der Waals surface area contributed by atoms with E-state index in [0.29, 0.717) is 5.92 Å². The van der Waals surface area contributed by atoms with Gasteiger partial charge in [-0.1, -0.05) is 39.0 Å². The number of halogens is 1. The molecule has 0 aromatic carbocycles. The predicted octanol–water partition coefficient (Wildman–Crippen LogP) is 4.89. The van der Waals surface area contributed by atoms with Gasteiger partial charge >= 0.3 is 0 Å². The summed E-state index contributed by atoms with van der Waals surface area (Å²) in [6.45, 7) is 3.12. The molecule has 0 saturated heterocycles. The molecular weight excluding hydrogens is 302 g/mol. The van der Waals surface area contributed by atoms with E-state index in [1.807, 2.05) is 6.20 Å². The van der Waals surface area contributed by atoms with E-state index in [0.717, 1.165) is 29.1 Å². The smallest absolute Gasteiger partial charge is 0.144 e. The zero-order valence-corrected chi connectivity index (χ0v) is 13.4. The number of anilines is 1. The van der Waals surface area contributed by atoms with Gasteiger partial charge in [0.25, 0.3) is 0 Å². The van der Waals surface area contributed by atoms with Crippen molar-refractivity contribution in [3.63, 3.8) is 0 Å². The minimum Gasteiger partial charge on any atom is -0.369 e. The fourth-order valence-corrected chi connectivity index (χ4v) is 2.99. The molecule has 0 bridgehead atoms. The van der Waals surface area contributed by atoms with Gasteiger partial charge in [-0.2, -0.15) is 0 Å². The predicted molar refractivity (Wildman–Crippen MR) is 83.6 cm³/mol.